The summed E-state index contributed by atoms with van der Waals surface area (Å²) in [6.07, 6.45) is -0.347. The number of carbonyl (C=O) groups is 2. The van der Waals surface area contributed by atoms with Crippen molar-refractivity contribution in [2.75, 3.05) is 12.3 Å². The molecule has 6 nitrogen and oxygen atoms in total. The van der Waals surface area contributed by atoms with Crippen molar-refractivity contribution in [1.82, 2.24) is 5.32 Å². The number of nitrogen functional groups attached to an aromatic ring is 1. The van der Waals surface area contributed by atoms with Crippen molar-refractivity contribution in [2.45, 2.75) is 52.7 Å². The van der Waals surface area contributed by atoms with E-state index in [4.69, 9.17) is 15.2 Å². The maximum Gasteiger partial charge on any atom is 0.408 e. The van der Waals surface area contributed by atoms with Gasteiger partial charge >= 0.3 is 12.1 Å². The molecule has 0 saturated carbocycles. The molecule has 0 heterocycles. The van der Waals surface area contributed by atoms with E-state index in [9.17, 15) is 9.59 Å². The third-order valence-electron chi connectivity index (χ3n) is 2.95. The number of benzene rings is 1. The first kappa shape index (κ1) is 19.8. The highest BCUT2D eigenvalue weighted by atomic mass is 16.6. The average Bonchev–Trinajstić information content (AvgIpc) is 2.44. The van der Waals surface area contributed by atoms with E-state index in [0.717, 1.165) is 5.56 Å². The van der Waals surface area contributed by atoms with Crippen LogP contribution in [0.3, 0.4) is 0 Å². The first-order valence-electron chi connectivity index (χ1n) is 8.07. The molecule has 134 valence electrons. The molecule has 0 saturated heterocycles. The van der Waals surface area contributed by atoms with Crippen molar-refractivity contribution in [3.8, 4) is 0 Å². The van der Waals surface area contributed by atoms with E-state index in [2.05, 4.69) is 5.32 Å². The van der Waals surface area contributed by atoms with Crippen molar-refractivity contribution in [3.05, 3.63) is 29.8 Å². The van der Waals surface area contributed by atoms with Crippen LogP contribution >= 0.6 is 0 Å². The molecule has 24 heavy (non-hydrogen) atoms. The Labute approximate surface area is 143 Å². The van der Waals surface area contributed by atoms with Crippen LogP contribution in [0.15, 0.2) is 24.3 Å². The maximum atomic E-state index is 12.3. The molecule has 1 aromatic rings. The molecule has 0 radical (unpaired) electrons. The molecule has 0 spiro atoms. The quantitative estimate of drug-likeness (QED) is 0.616. The third kappa shape index (κ3) is 7.85. The highest BCUT2D eigenvalue weighted by molar-refractivity contribution is 5.81. The minimum atomic E-state index is -0.817. The number of rotatable bonds is 6. The molecule has 1 amide bonds. The van der Waals surface area contributed by atoms with Gasteiger partial charge in [-0.25, -0.2) is 9.59 Å². The number of nitrogens with one attached hydrogen (secondary N) is 1. The molecule has 0 aliphatic heterocycles. The Morgan fingerprint density at radius 3 is 2.25 bits per heavy atom. The first-order chi connectivity index (χ1) is 11.1. The smallest absolute Gasteiger partial charge is 0.408 e. The fraction of sp³-hybridized carbons (Fsp3) is 0.556. The van der Waals surface area contributed by atoms with Gasteiger partial charge in [-0.15, -0.1) is 0 Å². The summed E-state index contributed by atoms with van der Waals surface area (Å²) in [5.74, 6) is -0.265. The topological polar surface area (TPSA) is 90.6 Å². The molecular weight excluding hydrogens is 308 g/mol. The number of ether oxygens (including phenoxy) is 2. The molecule has 0 fully saturated rings. The molecule has 0 aromatic heterocycles. The Bertz CT molecular complexity index is 547. The lowest BCUT2D eigenvalue weighted by Gasteiger charge is -2.23. The van der Waals surface area contributed by atoms with Gasteiger partial charge in [-0.05, 0) is 44.4 Å². The van der Waals surface area contributed by atoms with E-state index >= 15 is 0 Å². The van der Waals surface area contributed by atoms with E-state index in [0.29, 0.717) is 18.7 Å². The zero-order chi connectivity index (χ0) is 18.3. The summed E-state index contributed by atoms with van der Waals surface area (Å²) in [7, 11) is 0. The summed E-state index contributed by atoms with van der Waals surface area (Å²) in [6.45, 7) is 9.48. The number of carbonyl (C=O) groups excluding carboxylic acids is 2. The van der Waals surface area contributed by atoms with E-state index < -0.39 is 23.7 Å². The fourth-order valence-electron chi connectivity index (χ4n) is 1.88. The molecule has 0 unspecified atom stereocenters. The summed E-state index contributed by atoms with van der Waals surface area (Å²) in [5, 5.41) is 2.59. The lowest BCUT2D eigenvalue weighted by atomic mass is 10.1. The predicted molar refractivity (Wildman–Crippen MR) is 93.5 cm³/mol. The van der Waals surface area contributed by atoms with Crippen molar-refractivity contribution in [2.24, 2.45) is 5.92 Å². The summed E-state index contributed by atoms with van der Waals surface area (Å²) >= 11 is 0. The Morgan fingerprint density at radius 2 is 1.75 bits per heavy atom. The summed E-state index contributed by atoms with van der Waals surface area (Å²) < 4.78 is 10.5. The largest absolute Gasteiger partial charge is 0.464 e. The highest BCUT2D eigenvalue weighted by Crippen LogP contribution is 2.11. The average molecular weight is 336 g/mol. The zero-order valence-electron chi connectivity index (χ0n) is 15.1. The monoisotopic (exact) mass is 336 g/mol. The second-order valence-corrected chi connectivity index (χ2v) is 7.17. The molecular formula is C18H28N2O4. The third-order valence-corrected chi connectivity index (χ3v) is 2.95. The van der Waals surface area contributed by atoms with E-state index in [-0.39, 0.29) is 5.92 Å². The van der Waals surface area contributed by atoms with Crippen LogP contribution in [0.1, 0.15) is 40.2 Å². The zero-order valence-corrected chi connectivity index (χ0v) is 15.1. The number of hydrogen-bond donors (Lipinski definition) is 2. The molecule has 1 aromatic carbocycles. The molecule has 0 aliphatic rings. The fourth-order valence-corrected chi connectivity index (χ4v) is 1.88. The van der Waals surface area contributed by atoms with Gasteiger partial charge < -0.3 is 20.5 Å². The Hall–Kier alpha value is -2.24. The number of amides is 1. The second kappa shape index (κ2) is 8.57. The summed E-state index contributed by atoms with van der Waals surface area (Å²) in [5.41, 5.74) is 6.53. The van der Waals surface area contributed by atoms with Gasteiger partial charge in [0.05, 0.1) is 6.61 Å². The van der Waals surface area contributed by atoms with Crippen molar-refractivity contribution >= 4 is 17.7 Å². The lowest BCUT2D eigenvalue weighted by molar-refractivity contribution is -0.147. The van der Waals surface area contributed by atoms with Gasteiger partial charge in [-0.3, -0.25) is 0 Å². The van der Waals surface area contributed by atoms with Crippen LogP contribution in [0.25, 0.3) is 0 Å². The van der Waals surface area contributed by atoms with Gasteiger partial charge in [0.1, 0.15) is 11.6 Å². The van der Waals surface area contributed by atoms with Crippen molar-refractivity contribution < 1.29 is 19.1 Å². The van der Waals surface area contributed by atoms with Crippen LogP contribution < -0.4 is 11.1 Å². The molecule has 3 N–H and O–H groups in total. The lowest BCUT2D eigenvalue weighted by Crippen LogP contribution is -2.45. The van der Waals surface area contributed by atoms with Gasteiger partial charge in [-0.1, -0.05) is 26.0 Å². The van der Waals surface area contributed by atoms with Gasteiger partial charge in [-0.2, -0.15) is 0 Å². The number of nitrogens with two attached hydrogens (primary N) is 1. The Morgan fingerprint density at radius 1 is 1.17 bits per heavy atom. The molecule has 1 atom stereocenters. The normalized spacial score (nSPS) is 12.6. The number of anilines is 1. The molecule has 0 bridgehead atoms. The van der Waals surface area contributed by atoms with Crippen LogP contribution in [0.2, 0.25) is 0 Å². The second-order valence-electron chi connectivity index (χ2n) is 7.17. The van der Waals surface area contributed by atoms with Crippen LogP contribution in [-0.4, -0.2) is 30.3 Å². The van der Waals surface area contributed by atoms with E-state index in [1.54, 1.807) is 32.9 Å². The molecule has 1 rings (SSSR count). The summed E-state index contributed by atoms with van der Waals surface area (Å²) in [6, 6.07) is 6.31. The predicted octanol–water partition coefficient (Wildman–Crippen LogP) is 2.90. The number of alkyl carbamates (subject to hydrolysis) is 1. The van der Waals surface area contributed by atoms with Crippen LogP contribution in [0.5, 0.6) is 0 Å². The van der Waals surface area contributed by atoms with Crippen molar-refractivity contribution in [1.29, 1.82) is 0 Å². The van der Waals surface area contributed by atoms with Crippen LogP contribution in [0, 0.1) is 5.92 Å². The van der Waals surface area contributed by atoms with Crippen molar-refractivity contribution in [3.63, 3.8) is 0 Å². The van der Waals surface area contributed by atoms with Gasteiger partial charge in [0, 0.05) is 12.1 Å². The summed E-state index contributed by atoms with van der Waals surface area (Å²) in [4.78, 5) is 24.3. The number of hydrogen-bond acceptors (Lipinski definition) is 5. The minimum absolute atomic E-state index is 0.215. The van der Waals surface area contributed by atoms with E-state index in [1.807, 2.05) is 26.0 Å². The molecule has 6 heteroatoms. The Balaban J connectivity index is 2.79. The van der Waals surface area contributed by atoms with Gasteiger partial charge in [0.25, 0.3) is 0 Å². The highest BCUT2D eigenvalue weighted by Gasteiger charge is 2.26. The standard InChI is InChI=1S/C18H28N2O4/c1-12(2)11-23-16(21)15(20-17(22)24-18(3,4)5)10-13-6-8-14(19)9-7-13/h6-9,12,15H,10-11,19H2,1-5H3,(H,20,22)/t15-/m0/s1. The van der Waals surface area contributed by atoms with Gasteiger partial charge in [0.15, 0.2) is 0 Å². The minimum Gasteiger partial charge on any atom is -0.464 e. The Kier molecular flexibility index (Phi) is 7.07. The first-order valence-corrected chi connectivity index (χ1v) is 8.07. The number of esters is 1. The van der Waals surface area contributed by atoms with Crippen LogP contribution in [0.4, 0.5) is 10.5 Å². The SMILES string of the molecule is CC(C)COC(=O)[C@H](Cc1ccc(N)cc1)NC(=O)OC(C)(C)C. The van der Waals surface area contributed by atoms with E-state index in [1.165, 1.54) is 0 Å². The van der Waals surface area contributed by atoms with Crippen LogP contribution in [-0.2, 0) is 20.7 Å². The molecule has 0 aliphatic carbocycles. The maximum absolute atomic E-state index is 12.3. The van der Waals surface area contributed by atoms with Gasteiger partial charge in [0.2, 0.25) is 0 Å².